The van der Waals surface area contributed by atoms with Gasteiger partial charge in [-0.1, -0.05) is 11.6 Å². The number of nitrogen functional groups attached to an aromatic ring is 5. The summed E-state index contributed by atoms with van der Waals surface area (Å²) in [5, 5.41) is 31.1. The molecule has 5 aromatic heterocycles. The van der Waals surface area contributed by atoms with Crippen LogP contribution in [-0.2, 0) is 0 Å². The number of rotatable bonds is 8. The number of nitrogens with zero attached hydrogens (tertiary/aromatic N) is 8. The van der Waals surface area contributed by atoms with E-state index in [0.29, 0.717) is 71.3 Å². The quantitative estimate of drug-likeness (QED) is 0.0989. The van der Waals surface area contributed by atoms with E-state index in [-0.39, 0.29) is 12.2 Å². The fourth-order valence-corrected chi connectivity index (χ4v) is 5.52. The molecular formula is C44H57BrClN15O5. The maximum Gasteiger partial charge on any atom is 0.179 e. The average Bonchev–Trinajstić information content (AvgIpc) is 3.21. The van der Waals surface area contributed by atoms with Crippen molar-refractivity contribution in [2.24, 2.45) is 0 Å². The molecule has 3 saturated heterocycles. The summed E-state index contributed by atoms with van der Waals surface area (Å²) >= 11 is 7.98. The van der Waals surface area contributed by atoms with Crippen molar-refractivity contribution in [3.05, 3.63) is 96.7 Å². The topological polar surface area (TPSA) is 327 Å². The lowest BCUT2D eigenvalue weighted by Crippen LogP contribution is -2.51. The summed E-state index contributed by atoms with van der Waals surface area (Å²) in [5.74, 6) is 5.57. The number of pyridine rings is 5. The molecule has 0 aromatic carbocycles. The second-order valence-corrected chi connectivity index (χ2v) is 15.7. The highest BCUT2D eigenvalue weighted by Crippen LogP contribution is 2.25. The Bertz CT molecular complexity index is 2100. The van der Waals surface area contributed by atoms with Gasteiger partial charge in [0.15, 0.2) is 6.19 Å². The third-order valence-electron chi connectivity index (χ3n) is 9.57. The van der Waals surface area contributed by atoms with Crippen LogP contribution in [-0.4, -0.2) is 105 Å². The fourth-order valence-electron chi connectivity index (χ4n) is 5.36. The molecule has 3 aliphatic heterocycles. The number of aliphatic hydroxyl groups is 1. The zero-order valence-corrected chi connectivity index (χ0v) is 38.7. The number of nitrogens with two attached hydrogens (primary N) is 5. The van der Waals surface area contributed by atoms with Gasteiger partial charge in [-0.2, -0.15) is 10.5 Å². The molecule has 0 atom stereocenters. The van der Waals surface area contributed by atoms with Crippen LogP contribution in [0.4, 0.5) is 29.1 Å². The summed E-state index contributed by atoms with van der Waals surface area (Å²) in [7, 11) is 0. The highest BCUT2D eigenvalue weighted by Gasteiger charge is 2.27. The van der Waals surface area contributed by atoms with Crippen LogP contribution in [0.25, 0.3) is 0 Å². The van der Waals surface area contributed by atoms with E-state index >= 15 is 0 Å². The third-order valence-corrected chi connectivity index (χ3v) is 9.80. The maximum atomic E-state index is 8.50. The first-order valence-corrected chi connectivity index (χ1v) is 22.2. The molecule has 5 fully saturated rings. The monoisotopic (exact) mass is 989 g/mol. The van der Waals surface area contributed by atoms with Crippen molar-refractivity contribution in [2.45, 2.75) is 69.0 Å². The van der Waals surface area contributed by atoms with E-state index in [0.717, 1.165) is 56.3 Å². The van der Waals surface area contributed by atoms with Crippen molar-refractivity contribution < 1.29 is 24.1 Å². The van der Waals surface area contributed by atoms with E-state index in [4.69, 9.17) is 74.8 Å². The molecule has 0 spiro atoms. The summed E-state index contributed by atoms with van der Waals surface area (Å²) in [4.78, 5) is 22.4. The summed E-state index contributed by atoms with van der Waals surface area (Å²) in [6.07, 6.45) is 18.3. The first-order chi connectivity index (χ1) is 31.9. The Morgan fingerprint density at radius 2 is 0.879 bits per heavy atom. The zero-order chi connectivity index (χ0) is 47.5. The second kappa shape index (κ2) is 29.0. The van der Waals surface area contributed by atoms with Crippen molar-refractivity contribution in [3.8, 4) is 34.2 Å². The first kappa shape index (κ1) is 52.0. The van der Waals surface area contributed by atoms with Crippen LogP contribution in [0.1, 0.15) is 38.5 Å². The van der Waals surface area contributed by atoms with Gasteiger partial charge < -0.3 is 68.3 Å². The Kier molecular flexibility index (Phi) is 22.9. The summed E-state index contributed by atoms with van der Waals surface area (Å²) in [6, 6.07) is 17.4. The Balaban J connectivity index is 0.000000174. The zero-order valence-electron chi connectivity index (χ0n) is 36.3. The number of aliphatic hydroxyl groups excluding tert-OH is 1. The van der Waals surface area contributed by atoms with Gasteiger partial charge in [0.05, 0.1) is 25.3 Å². The predicted molar refractivity (Wildman–Crippen MR) is 257 cm³/mol. The van der Waals surface area contributed by atoms with Crippen LogP contribution in [0.15, 0.2) is 91.6 Å². The van der Waals surface area contributed by atoms with Crippen molar-refractivity contribution in [1.82, 2.24) is 40.5 Å². The molecule has 2 saturated carbocycles. The number of ether oxygens (including phenoxy) is 4. The Morgan fingerprint density at radius 3 is 1.11 bits per heavy atom. The minimum atomic E-state index is 0.0648. The van der Waals surface area contributed by atoms with Crippen molar-refractivity contribution >= 4 is 56.6 Å². The summed E-state index contributed by atoms with van der Waals surface area (Å²) in [5.41, 5.74) is 27.2. The van der Waals surface area contributed by atoms with Gasteiger partial charge in [-0.3, -0.25) is 0 Å². The summed E-state index contributed by atoms with van der Waals surface area (Å²) in [6.45, 7) is 4.98. The number of likely N-dealkylation sites (tertiary alicyclic amines) is 1. The maximum absolute atomic E-state index is 8.50. The number of hydrogen-bond acceptors (Lipinski definition) is 20. The van der Waals surface area contributed by atoms with Crippen LogP contribution in [0.5, 0.6) is 23.0 Å². The van der Waals surface area contributed by atoms with Crippen LogP contribution >= 0.6 is 27.5 Å². The molecule has 0 unspecified atom stereocenters. The van der Waals surface area contributed by atoms with Gasteiger partial charge in [0.2, 0.25) is 0 Å². The minimum Gasteiger partial charge on any atom is -0.490 e. The van der Waals surface area contributed by atoms with E-state index in [2.05, 4.69) is 51.5 Å². The van der Waals surface area contributed by atoms with Crippen molar-refractivity contribution in [2.75, 3.05) is 67.9 Å². The third kappa shape index (κ3) is 20.9. The number of hydrogen-bond donors (Lipinski definition) is 8. The molecular weight excluding hydrogens is 934 g/mol. The smallest absolute Gasteiger partial charge is 0.179 e. The minimum absolute atomic E-state index is 0.0648. The number of aromatic nitrogens is 5. The molecule has 20 nitrogen and oxygen atoms in total. The number of nitrogens with one attached hydrogen (secondary N) is 2. The Hall–Kier alpha value is -6.62. The lowest BCUT2D eigenvalue weighted by atomic mass is 9.96. The first-order valence-electron chi connectivity index (χ1n) is 21.0. The van der Waals surface area contributed by atoms with E-state index in [1.807, 2.05) is 24.4 Å². The molecule has 66 heavy (non-hydrogen) atoms. The molecule has 5 aromatic rings. The second-order valence-electron chi connectivity index (χ2n) is 14.9. The molecule has 0 radical (unpaired) electrons. The van der Waals surface area contributed by atoms with E-state index in [1.54, 1.807) is 83.3 Å². The fraction of sp³-hybridized carbons (Fsp3) is 0.386. The van der Waals surface area contributed by atoms with Crippen LogP contribution in [0, 0.1) is 21.7 Å². The molecule has 22 heteroatoms. The van der Waals surface area contributed by atoms with Crippen molar-refractivity contribution in [1.29, 1.82) is 10.5 Å². The van der Waals surface area contributed by atoms with Gasteiger partial charge in [-0.25, -0.2) is 24.9 Å². The van der Waals surface area contributed by atoms with Crippen LogP contribution in [0.3, 0.4) is 0 Å². The van der Waals surface area contributed by atoms with E-state index in [9.17, 15) is 0 Å². The van der Waals surface area contributed by atoms with Gasteiger partial charge >= 0.3 is 0 Å². The highest BCUT2D eigenvalue weighted by molar-refractivity contribution is 9.12. The number of halogens is 2. The van der Waals surface area contributed by atoms with Crippen LogP contribution in [0.2, 0.25) is 5.02 Å². The molecule has 0 amide bonds. The molecule has 2 aliphatic carbocycles. The number of nitriles is 2. The van der Waals surface area contributed by atoms with E-state index in [1.165, 1.54) is 25.7 Å². The molecule has 352 valence electrons. The Morgan fingerprint density at radius 1 is 0.561 bits per heavy atom. The largest absolute Gasteiger partial charge is 0.490 e. The highest BCUT2D eigenvalue weighted by atomic mass is 79.9. The van der Waals surface area contributed by atoms with Gasteiger partial charge in [0, 0.05) is 102 Å². The normalized spacial score (nSPS) is 15.8. The lowest BCUT2D eigenvalue weighted by molar-refractivity contribution is 0.0590. The van der Waals surface area contributed by atoms with Gasteiger partial charge in [-0.05, 0) is 74.9 Å². The van der Waals surface area contributed by atoms with Crippen LogP contribution < -0.4 is 58.2 Å². The molecule has 8 heterocycles. The van der Waals surface area contributed by atoms with Gasteiger partial charge in [-0.15, -0.1) is 0 Å². The molecule has 13 N–H and O–H groups in total. The van der Waals surface area contributed by atoms with Crippen molar-refractivity contribution in [3.63, 3.8) is 0 Å². The van der Waals surface area contributed by atoms with E-state index < -0.39 is 0 Å². The summed E-state index contributed by atoms with van der Waals surface area (Å²) < 4.78 is 22.3. The SMILES string of the molecule is N#CBr.N#CN1CC(Oc2ccnc(N)c2)C1.Nc1cc(Cl)ccn1.Nc1cc(OC2CCC2)ccn1.Nc1cc(OC2CNC2)ccn1.Nc1cc(OC2CNC2)ccn1.OC1CCC1. The number of anilines is 5. The molecule has 0 bridgehead atoms. The van der Waals surface area contributed by atoms with Gasteiger partial charge in [0.1, 0.15) is 75.4 Å². The molecule has 5 aliphatic rings. The predicted octanol–water partition coefficient (Wildman–Crippen LogP) is 4.54. The average molecular weight is 991 g/mol. The lowest BCUT2D eigenvalue weighted by Gasteiger charge is -2.34. The Labute approximate surface area is 397 Å². The standard InChI is InChI=1S/C9H10N4O.C9H12N2O.2C8H11N3O.C5H5ClN2.C4H8O.CBrN/c10-6-13-4-8(5-13)14-7-1-2-12-9(11)3-7;10-9-6-8(4-5-11-9)12-7-2-1-3-7;2*9-8-3-6(1-2-11-8)12-7-4-10-5-7;6-4-1-2-8-5(7)3-4;5-4-2-1-3-4;2-1-3/h1-3,8H,4-5H2,(H2,11,12);4-7H,1-3H2,(H2,10,11);2*1-3,7,10H,4-5H2,(H2,9,11);1-3H,(H2,7,8);4-5H,1-3H2;. The molecule has 10 rings (SSSR count). The van der Waals surface area contributed by atoms with Gasteiger partial charge in [0.25, 0.3) is 0 Å².